The van der Waals surface area contributed by atoms with Crippen molar-refractivity contribution in [3.63, 3.8) is 0 Å². The highest BCUT2D eigenvalue weighted by Gasteiger charge is 2.22. The second-order valence-corrected chi connectivity index (χ2v) is 4.05. The fraction of sp³-hybridized carbons (Fsp3) is 0.667. The summed E-state index contributed by atoms with van der Waals surface area (Å²) in [5.74, 6) is -0.583. The van der Waals surface area contributed by atoms with E-state index >= 15 is 0 Å². The highest BCUT2D eigenvalue weighted by Crippen LogP contribution is 2.22. The van der Waals surface area contributed by atoms with Crippen molar-refractivity contribution in [3.05, 3.63) is 11.6 Å². The number of unbranched alkanes of at least 4 members (excludes halogenated alkanes) is 2. The zero-order valence-electron chi connectivity index (χ0n) is 9.57. The fourth-order valence-corrected chi connectivity index (χ4v) is 1.83. The number of carboxylic acids is 1. The third-order valence-corrected chi connectivity index (χ3v) is 2.77. The van der Waals surface area contributed by atoms with E-state index in [0.29, 0.717) is 12.8 Å². The van der Waals surface area contributed by atoms with Gasteiger partial charge in [-0.15, -0.1) is 0 Å². The average Bonchev–Trinajstić information content (AvgIpc) is 2.59. The van der Waals surface area contributed by atoms with Crippen LogP contribution < -0.4 is 0 Å². The summed E-state index contributed by atoms with van der Waals surface area (Å²) in [5, 5.41) is 8.45. The normalized spacial score (nSPS) is 19.9. The summed E-state index contributed by atoms with van der Waals surface area (Å²) in [6, 6.07) is 0. The maximum Gasteiger partial charge on any atom is 0.303 e. The van der Waals surface area contributed by atoms with Crippen LogP contribution in [-0.4, -0.2) is 30.1 Å². The lowest BCUT2D eigenvalue weighted by atomic mass is 10.1. The number of aliphatic carboxylic acids is 1. The van der Waals surface area contributed by atoms with Crippen LogP contribution in [0.3, 0.4) is 0 Å². The predicted molar refractivity (Wildman–Crippen MR) is 59.2 cm³/mol. The first kappa shape index (κ1) is 12.9. The Balaban J connectivity index is 2.18. The van der Waals surface area contributed by atoms with Crippen molar-refractivity contribution in [2.24, 2.45) is 0 Å². The molecule has 0 radical (unpaired) electrons. The first-order valence-corrected chi connectivity index (χ1v) is 5.62. The molecule has 0 bridgehead atoms. The number of ketones is 1. The molecular formula is C12H18O4. The molecule has 1 aliphatic carbocycles. The van der Waals surface area contributed by atoms with Gasteiger partial charge in [0.1, 0.15) is 0 Å². The van der Waals surface area contributed by atoms with Gasteiger partial charge in [-0.25, -0.2) is 0 Å². The van der Waals surface area contributed by atoms with Gasteiger partial charge in [0.05, 0.1) is 6.10 Å². The van der Waals surface area contributed by atoms with Crippen molar-refractivity contribution < 1.29 is 19.4 Å². The van der Waals surface area contributed by atoms with E-state index in [2.05, 4.69) is 0 Å². The summed E-state index contributed by atoms with van der Waals surface area (Å²) < 4.78 is 5.10. The lowest BCUT2D eigenvalue weighted by Gasteiger charge is -1.99. The zero-order chi connectivity index (χ0) is 12.0. The Kier molecular flexibility index (Phi) is 5.19. The van der Waals surface area contributed by atoms with Crippen molar-refractivity contribution in [1.29, 1.82) is 0 Å². The second kappa shape index (κ2) is 6.43. The molecule has 0 amide bonds. The van der Waals surface area contributed by atoms with E-state index < -0.39 is 5.97 Å². The van der Waals surface area contributed by atoms with Gasteiger partial charge < -0.3 is 9.84 Å². The Morgan fingerprint density at radius 3 is 2.81 bits per heavy atom. The van der Waals surface area contributed by atoms with E-state index in [0.717, 1.165) is 24.8 Å². The molecule has 0 fully saturated rings. The molecule has 4 nitrogen and oxygen atoms in total. The van der Waals surface area contributed by atoms with Crippen LogP contribution in [0.2, 0.25) is 0 Å². The maximum atomic E-state index is 11.5. The van der Waals surface area contributed by atoms with Crippen molar-refractivity contribution in [3.8, 4) is 0 Å². The quantitative estimate of drug-likeness (QED) is 0.674. The number of hydrogen-bond acceptors (Lipinski definition) is 3. The van der Waals surface area contributed by atoms with Crippen LogP contribution in [0, 0.1) is 0 Å². The third kappa shape index (κ3) is 4.14. The minimum absolute atomic E-state index is 0.0541. The van der Waals surface area contributed by atoms with E-state index in [1.807, 2.05) is 6.08 Å². The number of methoxy groups -OCH3 is 1. The number of allylic oxidation sites excluding steroid dienone is 1. The number of rotatable bonds is 7. The topological polar surface area (TPSA) is 63.6 Å². The Morgan fingerprint density at radius 1 is 1.50 bits per heavy atom. The average molecular weight is 226 g/mol. The molecule has 1 unspecified atom stereocenters. The van der Waals surface area contributed by atoms with Crippen molar-refractivity contribution in [2.45, 2.75) is 44.6 Å². The molecule has 4 heteroatoms. The number of carboxylic acid groups (broad SMARTS) is 1. The van der Waals surface area contributed by atoms with Gasteiger partial charge in [-0.3, -0.25) is 9.59 Å². The van der Waals surface area contributed by atoms with Crippen LogP contribution in [0.5, 0.6) is 0 Å². The first-order chi connectivity index (χ1) is 7.63. The molecule has 0 aromatic rings. The maximum absolute atomic E-state index is 11.5. The number of Topliss-reactive ketones (excluding diaryl/α,β-unsaturated/α-hetero) is 1. The molecule has 90 valence electrons. The Hall–Kier alpha value is -1.16. The molecule has 0 aromatic carbocycles. The molecule has 0 saturated carbocycles. The summed E-state index contributed by atoms with van der Waals surface area (Å²) in [6.45, 7) is 0. The van der Waals surface area contributed by atoms with Crippen LogP contribution in [0.1, 0.15) is 38.5 Å². The molecule has 16 heavy (non-hydrogen) atoms. The highest BCUT2D eigenvalue weighted by molar-refractivity contribution is 5.98. The predicted octanol–water partition coefficient (Wildman–Crippen LogP) is 1.94. The summed E-state index contributed by atoms with van der Waals surface area (Å²) in [6.07, 6.45) is 5.67. The lowest BCUT2D eigenvalue weighted by Crippen LogP contribution is -2.05. The molecular weight excluding hydrogens is 208 g/mol. The minimum Gasteiger partial charge on any atom is -0.481 e. The van der Waals surface area contributed by atoms with Gasteiger partial charge in [-0.1, -0.05) is 6.42 Å². The smallest absolute Gasteiger partial charge is 0.303 e. The molecule has 0 heterocycles. The molecule has 1 N–H and O–H groups in total. The number of ether oxygens (including phenoxy) is 1. The SMILES string of the molecule is COC1C=C(CCCCCC(=O)O)C(=O)C1. The largest absolute Gasteiger partial charge is 0.481 e. The van der Waals surface area contributed by atoms with Crippen LogP contribution in [0.15, 0.2) is 11.6 Å². The Labute approximate surface area is 95.3 Å². The monoisotopic (exact) mass is 226 g/mol. The first-order valence-electron chi connectivity index (χ1n) is 5.62. The van der Waals surface area contributed by atoms with Crippen LogP contribution in [0.4, 0.5) is 0 Å². The van der Waals surface area contributed by atoms with Crippen molar-refractivity contribution in [2.75, 3.05) is 7.11 Å². The Bertz CT molecular complexity index is 293. The summed E-state index contributed by atoms with van der Waals surface area (Å²) in [7, 11) is 1.60. The summed E-state index contributed by atoms with van der Waals surface area (Å²) in [4.78, 5) is 21.7. The fourth-order valence-electron chi connectivity index (χ4n) is 1.83. The van der Waals surface area contributed by atoms with E-state index in [-0.39, 0.29) is 18.3 Å². The van der Waals surface area contributed by atoms with Gasteiger partial charge in [-0.05, 0) is 30.9 Å². The van der Waals surface area contributed by atoms with Crippen LogP contribution in [0.25, 0.3) is 0 Å². The Morgan fingerprint density at radius 2 is 2.25 bits per heavy atom. The van der Waals surface area contributed by atoms with Crippen molar-refractivity contribution in [1.82, 2.24) is 0 Å². The van der Waals surface area contributed by atoms with Gasteiger partial charge in [0, 0.05) is 20.0 Å². The van der Waals surface area contributed by atoms with E-state index in [9.17, 15) is 9.59 Å². The van der Waals surface area contributed by atoms with Gasteiger partial charge in [0.25, 0.3) is 0 Å². The molecule has 0 spiro atoms. The van der Waals surface area contributed by atoms with Gasteiger partial charge in [-0.2, -0.15) is 0 Å². The molecule has 0 aliphatic heterocycles. The van der Waals surface area contributed by atoms with E-state index in [1.165, 1.54) is 0 Å². The summed E-state index contributed by atoms with van der Waals surface area (Å²) >= 11 is 0. The van der Waals surface area contributed by atoms with Crippen molar-refractivity contribution >= 4 is 11.8 Å². The summed E-state index contributed by atoms with van der Waals surface area (Å²) in [5.41, 5.74) is 0.849. The standard InChI is InChI=1S/C12H18O4/c1-16-10-7-9(11(13)8-10)5-3-2-4-6-12(14)15/h7,10H,2-6,8H2,1H3,(H,14,15). The molecule has 1 rings (SSSR count). The minimum atomic E-state index is -0.754. The second-order valence-electron chi connectivity index (χ2n) is 4.05. The molecule has 0 saturated heterocycles. The molecule has 1 atom stereocenters. The zero-order valence-corrected chi connectivity index (χ0v) is 9.57. The number of carbonyl (C=O) groups excluding carboxylic acids is 1. The highest BCUT2D eigenvalue weighted by atomic mass is 16.5. The lowest BCUT2D eigenvalue weighted by molar-refractivity contribution is -0.137. The molecule has 0 aromatic heterocycles. The van der Waals surface area contributed by atoms with E-state index in [1.54, 1.807) is 7.11 Å². The number of carbonyl (C=O) groups is 2. The van der Waals surface area contributed by atoms with Gasteiger partial charge in [0.15, 0.2) is 5.78 Å². The van der Waals surface area contributed by atoms with Crippen LogP contribution >= 0.6 is 0 Å². The molecule has 1 aliphatic rings. The van der Waals surface area contributed by atoms with Gasteiger partial charge >= 0.3 is 5.97 Å². The number of hydrogen-bond donors (Lipinski definition) is 1. The third-order valence-electron chi connectivity index (χ3n) is 2.77. The van der Waals surface area contributed by atoms with E-state index in [4.69, 9.17) is 9.84 Å². The van der Waals surface area contributed by atoms with Crippen LogP contribution in [-0.2, 0) is 14.3 Å². The van der Waals surface area contributed by atoms with Gasteiger partial charge in [0.2, 0.25) is 0 Å².